The molecule has 1 aromatic heterocycles. The Morgan fingerprint density at radius 3 is 2.67 bits per heavy atom. The maximum absolute atomic E-state index is 15.2. The van der Waals surface area contributed by atoms with Crippen LogP contribution in [0.3, 0.4) is 0 Å². The molecule has 160 valence electrons. The van der Waals surface area contributed by atoms with Crippen LogP contribution in [0.2, 0.25) is 0 Å². The van der Waals surface area contributed by atoms with Gasteiger partial charge in [-0.15, -0.1) is 0 Å². The third kappa shape index (κ3) is 2.88. The average Bonchev–Trinajstić information content (AvgIpc) is 3.41. The summed E-state index contributed by atoms with van der Waals surface area (Å²) in [6, 6.07) is -0.141. The number of nitrogens with zero attached hydrogens (tertiary/aromatic N) is 3. The molecule has 2 aromatic rings. The number of nitrogens with two attached hydrogens (primary N) is 1. The third-order valence-electron chi connectivity index (χ3n) is 5.48. The highest BCUT2D eigenvalue weighted by Gasteiger charge is 2.43. The molecule has 1 aliphatic heterocycles. The van der Waals surface area contributed by atoms with Crippen molar-refractivity contribution >= 4 is 28.3 Å². The lowest BCUT2D eigenvalue weighted by molar-refractivity contribution is 0.0694. The molecule has 0 radical (unpaired) electrons. The number of alkyl halides is 1. The number of carboxylic acids is 1. The lowest BCUT2D eigenvalue weighted by atomic mass is 9.97. The Balaban J connectivity index is 2.00. The van der Waals surface area contributed by atoms with Gasteiger partial charge in [-0.1, -0.05) is 5.16 Å². The molecular weight excluding hydrogens is 402 g/mol. The first-order chi connectivity index (χ1) is 14.3. The Kier molecular flexibility index (Phi) is 4.85. The number of carboxylic acid groups (broad SMARTS) is 1. The van der Waals surface area contributed by atoms with Crippen molar-refractivity contribution < 1.29 is 28.3 Å². The van der Waals surface area contributed by atoms with Gasteiger partial charge in [0, 0.05) is 19.2 Å². The van der Waals surface area contributed by atoms with E-state index in [4.69, 9.17) is 15.3 Å². The van der Waals surface area contributed by atoms with Gasteiger partial charge in [0.25, 0.3) is 0 Å². The highest BCUT2D eigenvalue weighted by Crippen LogP contribution is 2.46. The number of rotatable bonds is 6. The van der Waals surface area contributed by atoms with Gasteiger partial charge in [-0.05, 0) is 6.07 Å². The molecule has 0 bridgehead atoms. The quantitative estimate of drug-likeness (QED) is 0.673. The number of pyridine rings is 1. The molecule has 3 N–H and O–H groups in total. The second kappa shape index (κ2) is 7.24. The number of ether oxygens (including phenoxy) is 1. The van der Waals surface area contributed by atoms with Gasteiger partial charge in [0.15, 0.2) is 11.6 Å². The minimum Gasteiger partial charge on any atom is -0.492 e. The van der Waals surface area contributed by atoms with E-state index in [1.165, 1.54) is 18.8 Å². The fraction of sp³-hybridized carbons (Fsp3) is 0.421. The average molecular weight is 422 g/mol. The molecule has 11 heteroatoms. The fourth-order valence-corrected chi connectivity index (χ4v) is 3.92. The zero-order valence-electron chi connectivity index (χ0n) is 16.3. The topological polar surface area (TPSA) is 119 Å². The second-order valence-corrected chi connectivity index (χ2v) is 7.18. The molecule has 2 fully saturated rings. The SMILES string of the molecule is CO/N=C1/CN(c2c(F)cc3c(=O)c(C(=O)O)cn([C@@H]4C[C@@H]4F)c3c2OC)[C@H]1CN. The van der Waals surface area contributed by atoms with Crippen LogP contribution in [0.5, 0.6) is 5.75 Å². The third-order valence-corrected chi connectivity index (χ3v) is 5.48. The van der Waals surface area contributed by atoms with Crippen LogP contribution < -0.4 is 20.8 Å². The number of hydrogen-bond donors (Lipinski definition) is 2. The van der Waals surface area contributed by atoms with Crippen LogP contribution in [0.15, 0.2) is 22.2 Å². The molecule has 0 spiro atoms. The van der Waals surface area contributed by atoms with Crippen LogP contribution in [0, 0.1) is 5.82 Å². The number of fused-ring (bicyclic) bond motifs is 1. The molecule has 0 amide bonds. The Morgan fingerprint density at radius 2 is 2.13 bits per heavy atom. The van der Waals surface area contributed by atoms with Crippen molar-refractivity contribution in [1.29, 1.82) is 0 Å². The van der Waals surface area contributed by atoms with E-state index in [9.17, 15) is 19.1 Å². The maximum atomic E-state index is 15.2. The van der Waals surface area contributed by atoms with E-state index in [1.54, 1.807) is 4.90 Å². The number of benzene rings is 1. The van der Waals surface area contributed by atoms with Crippen molar-refractivity contribution in [2.24, 2.45) is 10.9 Å². The Hall–Kier alpha value is -3.21. The summed E-state index contributed by atoms with van der Waals surface area (Å²) in [5.41, 5.74) is 5.18. The van der Waals surface area contributed by atoms with Crippen LogP contribution in [0.4, 0.5) is 14.5 Å². The Bertz CT molecular complexity index is 1130. The Morgan fingerprint density at radius 1 is 1.43 bits per heavy atom. The van der Waals surface area contributed by atoms with E-state index in [0.717, 1.165) is 12.3 Å². The molecule has 9 nitrogen and oxygen atoms in total. The number of oxime groups is 1. The summed E-state index contributed by atoms with van der Waals surface area (Å²) in [6.45, 7) is 0.351. The predicted molar refractivity (Wildman–Crippen MR) is 105 cm³/mol. The van der Waals surface area contributed by atoms with Gasteiger partial charge in [0.2, 0.25) is 5.43 Å². The van der Waals surface area contributed by atoms with Crippen molar-refractivity contribution in [3.8, 4) is 5.75 Å². The first-order valence-electron chi connectivity index (χ1n) is 9.23. The number of halogens is 2. The number of carbonyl (C=O) groups is 1. The summed E-state index contributed by atoms with van der Waals surface area (Å²) < 4.78 is 35.9. The molecule has 1 aromatic carbocycles. The van der Waals surface area contributed by atoms with Crippen molar-refractivity contribution in [3.63, 3.8) is 0 Å². The molecule has 2 heterocycles. The van der Waals surface area contributed by atoms with Gasteiger partial charge in [-0.2, -0.15) is 0 Å². The van der Waals surface area contributed by atoms with E-state index >= 15 is 4.39 Å². The number of methoxy groups -OCH3 is 1. The number of anilines is 1. The normalized spacial score (nSPS) is 24.1. The summed E-state index contributed by atoms with van der Waals surface area (Å²) >= 11 is 0. The molecule has 1 saturated heterocycles. The first kappa shape index (κ1) is 20.1. The highest BCUT2D eigenvalue weighted by atomic mass is 19.1. The minimum absolute atomic E-state index is 0.00746. The van der Waals surface area contributed by atoms with Crippen LogP contribution in [-0.4, -0.2) is 60.9 Å². The molecule has 0 unspecified atom stereocenters. The monoisotopic (exact) mass is 422 g/mol. The fourth-order valence-electron chi connectivity index (χ4n) is 3.92. The largest absolute Gasteiger partial charge is 0.492 e. The molecular formula is C19H20F2N4O5. The highest BCUT2D eigenvalue weighted by molar-refractivity contribution is 6.05. The summed E-state index contributed by atoms with van der Waals surface area (Å²) in [6.07, 6.45) is 0.0550. The molecule has 3 atom stereocenters. The van der Waals surface area contributed by atoms with E-state index in [2.05, 4.69) is 5.16 Å². The van der Waals surface area contributed by atoms with Crippen LogP contribution in [-0.2, 0) is 4.84 Å². The number of aromatic nitrogens is 1. The molecule has 30 heavy (non-hydrogen) atoms. The molecule has 4 rings (SSSR count). The zero-order chi connectivity index (χ0) is 21.7. The van der Waals surface area contributed by atoms with Crippen molar-refractivity contribution in [2.45, 2.75) is 24.7 Å². The van der Waals surface area contributed by atoms with Gasteiger partial charge >= 0.3 is 5.97 Å². The van der Waals surface area contributed by atoms with Crippen LogP contribution in [0.1, 0.15) is 22.8 Å². The van der Waals surface area contributed by atoms with E-state index in [-0.39, 0.29) is 41.9 Å². The predicted octanol–water partition coefficient (Wildman–Crippen LogP) is 1.28. The van der Waals surface area contributed by atoms with Gasteiger partial charge in [-0.25, -0.2) is 13.6 Å². The van der Waals surface area contributed by atoms with Gasteiger partial charge in [0.1, 0.15) is 30.2 Å². The van der Waals surface area contributed by atoms with E-state index < -0.39 is 41.0 Å². The van der Waals surface area contributed by atoms with Crippen molar-refractivity contribution in [3.05, 3.63) is 33.9 Å². The maximum Gasteiger partial charge on any atom is 0.341 e. The standard InChI is InChI=1S/C19H20F2N4O5/c1-29-18-15-8(17(26)9(19(27)28)6-24(15)13-4-10(13)20)3-11(21)16(18)25-7-12(23-30-2)14(25)5-22/h3,6,10,13-14H,4-5,7,22H2,1-2H3,(H,27,28)/b23-12-/t10-,13+,14-/m0/s1. The number of hydrogen-bond acceptors (Lipinski definition) is 7. The van der Waals surface area contributed by atoms with E-state index in [0.29, 0.717) is 5.71 Å². The van der Waals surface area contributed by atoms with Crippen LogP contribution >= 0.6 is 0 Å². The van der Waals surface area contributed by atoms with Crippen molar-refractivity contribution in [1.82, 2.24) is 4.57 Å². The van der Waals surface area contributed by atoms with Gasteiger partial charge < -0.3 is 29.9 Å². The van der Waals surface area contributed by atoms with Gasteiger partial charge in [0.05, 0.1) is 36.6 Å². The number of aromatic carboxylic acids is 1. The summed E-state index contributed by atoms with van der Waals surface area (Å²) in [5, 5.41) is 13.1. The minimum atomic E-state index is -1.47. The smallest absolute Gasteiger partial charge is 0.341 e. The lowest BCUT2D eigenvalue weighted by Gasteiger charge is -2.43. The molecule has 1 saturated carbocycles. The van der Waals surface area contributed by atoms with E-state index in [1.807, 2.05) is 0 Å². The second-order valence-electron chi connectivity index (χ2n) is 7.18. The zero-order valence-corrected chi connectivity index (χ0v) is 16.3. The Labute approximate surface area is 169 Å². The summed E-state index contributed by atoms with van der Waals surface area (Å²) in [7, 11) is 2.70. The lowest BCUT2D eigenvalue weighted by Crippen LogP contribution is -2.61. The van der Waals surface area contributed by atoms with Gasteiger partial charge in [-0.3, -0.25) is 4.79 Å². The van der Waals surface area contributed by atoms with Crippen LogP contribution in [0.25, 0.3) is 10.9 Å². The summed E-state index contributed by atoms with van der Waals surface area (Å²) in [5.74, 6) is -2.25. The first-order valence-corrected chi connectivity index (χ1v) is 9.23. The molecule has 1 aliphatic carbocycles. The summed E-state index contributed by atoms with van der Waals surface area (Å²) in [4.78, 5) is 30.6. The molecule has 2 aliphatic rings. The van der Waals surface area contributed by atoms with Crippen molar-refractivity contribution in [2.75, 3.05) is 32.2 Å².